The van der Waals surface area contributed by atoms with E-state index in [0.717, 1.165) is 0 Å². The summed E-state index contributed by atoms with van der Waals surface area (Å²) in [6.45, 7) is 8.19. The van der Waals surface area contributed by atoms with Gasteiger partial charge in [-0.05, 0) is 25.0 Å². The van der Waals surface area contributed by atoms with Crippen LogP contribution in [0.25, 0.3) is 5.69 Å². The number of fused-ring (bicyclic) bond motifs is 3. The highest BCUT2D eigenvalue weighted by Gasteiger charge is 2.34. The number of imidazole rings is 1. The Hall–Kier alpha value is -2.19. The maximum absolute atomic E-state index is 13.0. The monoisotopic (exact) mass is 376 g/mol. The number of nitrogens with zero attached hydrogens (tertiary/aromatic N) is 3. The van der Waals surface area contributed by atoms with E-state index in [1.54, 1.807) is 35.8 Å². The average molecular weight is 376 g/mol. The molecule has 1 amide bonds. The first-order valence-electron chi connectivity index (χ1n) is 8.74. The lowest BCUT2D eigenvalue weighted by atomic mass is 10.1. The van der Waals surface area contributed by atoms with Crippen LogP contribution in [0.3, 0.4) is 0 Å². The van der Waals surface area contributed by atoms with Crippen molar-refractivity contribution in [1.29, 1.82) is 0 Å². The lowest BCUT2D eigenvalue weighted by Crippen LogP contribution is -2.37. The molecule has 7 nitrogen and oxygen atoms in total. The quantitative estimate of drug-likeness (QED) is 0.886. The second-order valence-corrected chi connectivity index (χ2v) is 8.72. The third-order valence-electron chi connectivity index (χ3n) is 4.86. The molecule has 1 atom stereocenters. The van der Waals surface area contributed by atoms with Crippen molar-refractivity contribution in [2.45, 2.75) is 45.2 Å². The highest BCUT2D eigenvalue weighted by molar-refractivity contribution is 7.89. The molecule has 8 heteroatoms. The van der Waals surface area contributed by atoms with Crippen LogP contribution >= 0.6 is 0 Å². The number of hydrogen-bond donors (Lipinski definition) is 1. The molecule has 26 heavy (non-hydrogen) atoms. The molecule has 1 aliphatic heterocycles. The number of amides is 1. The zero-order chi connectivity index (χ0) is 19.1. The topological polar surface area (TPSA) is 84.3 Å². The van der Waals surface area contributed by atoms with Gasteiger partial charge in [-0.1, -0.05) is 32.9 Å². The third-order valence-corrected chi connectivity index (χ3v) is 6.83. The molecular weight excluding hydrogens is 352 g/mol. The molecule has 2 aromatic rings. The maximum Gasteiger partial charge on any atom is 0.272 e. The van der Waals surface area contributed by atoms with Crippen LogP contribution in [-0.4, -0.2) is 40.8 Å². The van der Waals surface area contributed by atoms with Crippen molar-refractivity contribution in [2.75, 3.05) is 6.54 Å². The van der Waals surface area contributed by atoms with Crippen molar-refractivity contribution in [3.8, 4) is 5.69 Å². The summed E-state index contributed by atoms with van der Waals surface area (Å²) in [5, 5.41) is 2.95. The summed E-state index contributed by atoms with van der Waals surface area (Å²) >= 11 is 0. The Bertz CT molecular complexity index is 934. The second kappa shape index (κ2) is 6.85. The minimum Gasteiger partial charge on any atom is -0.348 e. The number of benzene rings is 1. The van der Waals surface area contributed by atoms with Crippen molar-refractivity contribution < 1.29 is 13.2 Å². The Balaban J connectivity index is 2.12. The lowest BCUT2D eigenvalue weighted by molar-refractivity contribution is 0.0924. The number of sulfonamides is 1. The second-order valence-electron chi connectivity index (χ2n) is 6.81. The number of aromatic nitrogens is 2. The number of rotatable bonds is 4. The minimum atomic E-state index is -3.63. The SMILES string of the molecule is CCN1Cc2c(C(=O)NC(C)C(C)C)ncn2-c2ccccc2S1(=O)=O. The fourth-order valence-electron chi connectivity index (χ4n) is 2.91. The summed E-state index contributed by atoms with van der Waals surface area (Å²) in [5.74, 6) is 0.00111. The fraction of sp³-hybridized carbons (Fsp3) is 0.444. The van der Waals surface area contributed by atoms with E-state index in [1.165, 1.54) is 10.6 Å². The van der Waals surface area contributed by atoms with E-state index >= 15 is 0 Å². The van der Waals surface area contributed by atoms with Crippen LogP contribution in [0, 0.1) is 5.92 Å². The van der Waals surface area contributed by atoms with E-state index in [4.69, 9.17) is 0 Å². The molecule has 0 saturated carbocycles. The molecule has 0 spiro atoms. The number of carbonyl (C=O) groups excluding carboxylic acids is 1. The molecule has 0 aliphatic carbocycles. The van der Waals surface area contributed by atoms with Gasteiger partial charge in [-0.2, -0.15) is 4.31 Å². The Kier molecular flexibility index (Phi) is 4.90. The number of hydrogen-bond acceptors (Lipinski definition) is 4. The Morgan fingerprint density at radius 1 is 1.27 bits per heavy atom. The van der Waals surface area contributed by atoms with Gasteiger partial charge in [0.15, 0.2) is 5.69 Å². The van der Waals surface area contributed by atoms with Crippen molar-refractivity contribution in [1.82, 2.24) is 19.2 Å². The van der Waals surface area contributed by atoms with Crippen molar-refractivity contribution >= 4 is 15.9 Å². The zero-order valence-electron chi connectivity index (χ0n) is 15.4. The normalized spacial score (nSPS) is 17.3. The van der Waals surface area contributed by atoms with Gasteiger partial charge < -0.3 is 5.32 Å². The summed E-state index contributed by atoms with van der Waals surface area (Å²) in [6, 6.07) is 6.78. The number of para-hydroxylation sites is 1. The van der Waals surface area contributed by atoms with Crippen LogP contribution in [0.2, 0.25) is 0 Å². The Morgan fingerprint density at radius 3 is 2.62 bits per heavy atom. The molecule has 140 valence electrons. The van der Waals surface area contributed by atoms with Gasteiger partial charge in [0.1, 0.15) is 11.2 Å². The molecule has 0 radical (unpaired) electrons. The average Bonchev–Trinajstić information content (AvgIpc) is 2.99. The Labute approximate surface area is 154 Å². The first-order valence-corrected chi connectivity index (χ1v) is 10.2. The summed E-state index contributed by atoms with van der Waals surface area (Å²) < 4.78 is 29.0. The van der Waals surface area contributed by atoms with Gasteiger partial charge in [0, 0.05) is 12.6 Å². The molecule has 0 bridgehead atoms. The summed E-state index contributed by atoms with van der Waals surface area (Å²) in [7, 11) is -3.63. The molecule has 1 aliphatic rings. The van der Waals surface area contributed by atoms with Gasteiger partial charge in [-0.3, -0.25) is 9.36 Å². The molecule has 3 rings (SSSR count). The summed E-state index contributed by atoms with van der Waals surface area (Å²) in [5.41, 5.74) is 1.36. The smallest absolute Gasteiger partial charge is 0.272 e. The van der Waals surface area contributed by atoms with Gasteiger partial charge in [-0.25, -0.2) is 13.4 Å². The molecule has 2 heterocycles. The van der Waals surface area contributed by atoms with E-state index in [1.807, 2.05) is 20.8 Å². The van der Waals surface area contributed by atoms with E-state index in [-0.39, 0.29) is 35.0 Å². The van der Waals surface area contributed by atoms with Gasteiger partial charge in [0.2, 0.25) is 10.0 Å². The number of nitrogens with one attached hydrogen (secondary N) is 1. The molecule has 1 aromatic heterocycles. The maximum atomic E-state index is 13.0. The molecular formula is C18H24N4O3S. The Morgan fingerprint density at radius 2 is 1.96 bits per heavy atom. The first kappa shape index (κ1) is 18.6. The molecule has 0 fully saturated rings. The van der Waals surface area contributed by atoms with E-state index in [9.17, 15) is 13.2 Å². The molecule has 1 aromatic carbocycles. The standard InChI is InChI=1S/C18H24N4O3S/c1-5-21-10-15-17(18(23)20-13(4)12(2)3)19-11-22(15)14-8-6-7-9-16(14)26(21,24)25/h6-9,11-13H,5,10H2,1-4H3,(H,20,23). The summed E-state index contributed by atoms with van der Waals surface area (Å²) in [6.07, 6.45) is 1.53. The van der Waals surface area contributed by atoms with E-state index < -0.39 is 10.0 Å². The zero-order valence-corrected chi connectivity index (χ0v) is 16.2. The highest BCUT2D eigenvalue weighted by atomic mass is 32.2. The first-order chi connectivity index (χ1) is 12.3. The van der Waals surface area contributed by atoms with Crippen LogP contribution in [-0.2, 0) is 16.6 Å². The van der Waals surface area contributed by atoms with Crippen LogP contribution in [0.1, 0.15) is 43.9 Å². The van der Waals surface area contributed by atoms with Gasteiger partial charge in [0.05, 0.1) is 17.9 Å². The minimum absolute atomic E-state index is 0.0103. The van der Waals surface area contributed by atoms with Gasteiger partial charge in [-0.15, -0.1) is 0 Å². The van der Waals surface area contributed by atoms with Crippen LogP contribution < -0.4 is 5.32 Å². The van der Waals surface area contributed by atoms with Crippen molar-refractivity contribution in [3.63, 3.8) is 0 Å². The largest absolute Gasteiger partial charge is 0.348 e. The summed E-state index contributed by atoms with van der Waals surface area (Å²) in [4.78, 5) is 17.2. The van der Waals surface area contributed by atoms with Gasteiger partial charge >= 0.3 is 0 Å². The van der Waals surface area contributed by atoms with Crippen LogP contribution in [0.15, 0.2) is 35.5 Å². The number of carbonyl (C=O) groups is 1. The van der Waals surface area contributed by atoms with Crippen LogP contribution in [0.5, 0.6) is 0 Å². The predicted octanol–water partition coefficient (Wildman–Crippen LogP) is 2.17. The molecule has 1 N–H and O–H groups in total. The molecule has 1 unspecified atom stereocenters. The van der Waals surface area contributed by atoms with E-state index in [2.05, 4.69) is 10.3 Å². The molecule has 0 saturated heterocycles. The third kappa shape index (κ3) is 3.03. The highest BCUT2D eigenvalue weighted by Crippen LogP contribution is 2.31. The lowest BCUT2D eigenvalue weighted by Gasteiger charge is -2.19. The van der Waals surface area contributed by atoms with Crippen LogP contribution in [0.4, 0.5) is 0 Å². The van der Waals surface area contributed by atoms with Crippen molar-refractivity contribution in [2.24, 2.45) is 5.92 Å². The fourth-order valence-corrected chi connectivity index (χ4v) is 4.50. The van der Waals surface area contributed by atoms with Crippen molar-refractivity contribution in [3.05, 3.63) is 42.0 Å². The van der Waals surface area contributed by atoms with E-state index in [0.29, 0.717) is 17.9 Å². The van der Waals surface area contributed by atoms with Gasteiger partial charge in [0.25, 0.3) is 5.91 Å². The predicted molar refractivity (Wildman–Crippen MR) is 98.6 cm³/mol.